The van der Waals surface area contributed by atoms with Gasteiger partial charge in [-0.1, -0.05) is 12.1 Å². The van der Waals surface area contributed by atoms with Gasteiger partial charge in [0.1, 0.15) is 0 Å². The molecule has 0 aromatic heterocycles. The first kappa shape index (κ1) is 10.5. The summed E-state index contributed by atoms with van der Waals surface area (Å²) in [5.74, 6) is 0. The van der Waals surface area contributed by atoms with Crippen LogP contribution >= 0.6 is 0 Å². The normalized spacial score (nSPS) is 18.3. The van der Waals surface area contributed by atoms with Crippen LogP contribution in [0.25, 0.3) is 0 Å². The second kappa shape index (κ2) is 3.83. The minimum absolute atomic E-state index is 0.514. The van der Waals surface area contributed by atoms with Crippen LogP contribution in [0.15, 0.2) is 24.3 Å². The maximum Gasteiger partial charge on any atom is 0.0935 e. The number of aliphatic hydroxyl groups is 1. The Labute approximate surface area is 90.7 Å². The molecule has 0 bridgehead atoms. The summed E-state index contributed by atoms with van der Waals surface area (Å²) in [4.78, 5) is 2.07. The zero-order chi connectivity index (χ0) is 10.9. The number of hydrogen-bond donors (Lipinski definition) is 2. The van der Waals surface area contributed by atoms with Gasteiger partial charge in [0.25, 0.3) is 0 Å². The number of anilines is 1. The highest BCUT2D eigenvalue weighted by Gasteiger charge is 2.33. The van der Waals surface area contributed by atoms with Crippen molar-refractivity contribution in [3.8, 4) is 0 Å². The highest BCUT2D eigenvalue weighted by molar-refractivity contribution is 5.46. The van der Waals surface area contributed by atoms with Gasteiger partial charge in [-0.25, -0.2) is 0 Å². The van der Waals surface area contributed by atoms with Gasteiger partial charge in [0.15, 0.2) is 0 Å². The van der Waals surface area contributed by atoms with Crippen molar-refractivity contribution < 1.29 is 5.11 Å². The fourth-order valence-corrected chi connectivity index (χ4v) is 1.83. The van der Waals surface area contributed by atoms with E-state index in [1.807, 2.05) is 14.1 Å². The Morgan fingerprint density at radius 2 is 1.87 bits per heavy atom. The van der Waals surface area contributed by atoms with Crippen LogP contribution in [0.3, 0.4) is 0 Å². The molecule has 3 heteroatoms. The van der Waals surface area contributed by atoms with E-state index in [0.29, 0.717) is 13.1 Å². The molecule has 1 aliphatic heterocycles. The molecular formula is C12H18N2O. The molecule has 1 aromatic carbocycles. The highest BCUT2D eigenvalue weighted by Crippen LogP contribution is 2.19. The van der Waals surface area contributed by atoms with Crippen molar-refractivity contribution in [3.05, 3.63) is 29.8 Å². The van der Waals surface area contributed by atoms with Crippen molar-refractivity contribution in [3.63, 3.8) is 0 Å². The number of nitrogens with one attached hydrogen (secondary N) is 1. The quantitative estimate of drug-likeness (QED) is 0.761. The van der Waals surface area contributed by atoms with Crippen molar-refractivity contribution in [1.29, 1.82) is 0 Å². The zero-order valence-corrected chi connectivity index (χ0v) is 9.33. The molecule has 0 radical (unpaired) electrons. The molecule has 2 rings (SSSR count). The lowest BCUT2D eigenvalue weighted by molar-refractivity contribution is -0.00901. The monoisotopic (exact) mass is 206 g/mol. The summed E-state index contributed by atoms with van der Waals surface area (Å²) in [6.07, 6.45) is 0.744. The maximum atomic E-state index is 9.97. The minimum atomic E-state index is -0.514. The third kappa shape index (κ3) is 2.30. The lowest BCUT2D eigenvalue weighted by atomic mass is 9.89. The van der Waals surface area contributed by atoms with Crippen LogP contribution < -0.4 is 10.2 Å². The van der Waals surface area contributed by atoms with Crippen LogP contribution in [0.1, 0.15) is 5.56 Å². The van der Waals surface area contributed by atoms with Crippen LogP contribution in [-0.2, 0) is 6.42 Å². The average molecular weight is 206 g/mol. The summed E-state index contributed by atoms with van der Waals surface area (Å²) in [6.45, 7) is 1.42. The smallest absolute Gasteiger partial charge is 0.0935 e. The van der Waals surface area contributed by atoms with E-state index in [1.165, 1.54) is 11.3 Å². The Kier molecular flexibility index (Phi) is 2.67. The number of nitrogens with zero attached hydrogens (tertiary/aromatic N) is 1. The van der Waals surface area contributed by atoms with Gasteiger partial charge in [-0.15, -0.1) is 0 Å². The van der Waals surface area contributed by atoms with E-state index in [9.17, 15) is 5.11 Å². The molecule has 0 spiro atoms. The molecule has 1 aromatic rings. The molecule has 0 saturated carbocycles. The molecule has 1 heterocycles. The molecule has 1 fully saturated rings. The molecule has 0 atom stereocenters. The van der Waals surface area contributed by atoms with Crippen molar-refractivity contribution in [2.45, 2.75) is 12.0 Å². The average Bonchev–Trinajstić information content (AvgIpc) is 2.16. The van der Waals surface area contributed by atoms with Crippen molar-refractivity contribution in [1.82, 2.24) is 5.32 Å². The second-order valence-corrected chi connectivity index (χ2v) is 4.57. The van der Waals surface area contributed by atoms with E-state index >= 15 is 0 Å². The number of benzene rings is 1. The van der Waals surface area contributed by atoms with E-state index in [0.717, 1.165) is 6.42 Å². The molecule has 0 amide bonds. The summed E-state index contributed by atoms with van der Waals surface area (Å²) < 4.78 is 0. The predicted octanol–water partition coefficient (Wildman–Crippen LogP) is 0.629. The summed E-state index contributed by atoms with van der Waals surface area (Å²) in [5.41, 5.74) is 1.88. The molecule has 15 heavy (non-hydrogen) atoms. The van der Waals surface area contributed by atoms with Crippen LogP contribution in [0, 0.1) is 0 Å². The first-order valence-electron chi connectivity index (χ1n) is 5.28. The van der Waals surface area contributed by atoms with Gasteiger partial charge in [0.2, 0.25) is 0 Å². The zero-order valence-electron chi connectivity index (χ0n) is 9.33. The van der Waals surface area contributed by atoms with Crippen LogP contribution in [0.4, 0.5) is 5.69 Å². The largest absolute Gasteiger partial charge is 0.387 e. The van der Waals surface area contributed by atoms with E-state index in [-0.39, 0.29) is 0 Å². The maximum absolute atomic E-state index is 9.97. The van der Waals surface area contributed by atoms with Crippen molar-refractivity contribution in [2.24, 2.45) is 0 Å². The SMILES string of the molecule is CN(C)c1ccc(CC2(O)CNC2)cc1. The first-order valence-corrected chi connectivity index (χ1v) is 5.28. The topological polar surface area (TPSA) is 35.5 Å². The third-order valence-electron chi connectivity index (χ3n) is 2.89. The van der Waals surface area contributed by atoms with E-state index in [1.54, 1.807) is 0 Å². The Balaban J connectivity index is 2.04. The lowest BCUT2D eigenvalue weighted by Crippen LogP contribution is -2.60. The number of rotatable bonds is 3. The van der Waals surface area contributed by atoms with E-state index < -0.39 is 5.60 Å². The molecule has 2 N–H and O–H groups in total. The van der Waals surface area contributed by atoms with Gasteiger partial charge < -0.3 is 15.3 Å². The molecule has 1 aliphatic rings. The molecule has 82 valence electrons. The Bertz CT molecular complexity index is 328. The summed E-state index contributed by atoms with van der Waals surface area (Å²) in [5, 5.41) is 13.1. The molecule has 0 unspecified atom stereocenters. The number of hydrogen-bond acceptors (Lipinski definition) is 3. The van der Waals surface area contributed by atoms with Crippen LogP contribution in [0.2, 0.25) is 0 Å². The van der Waals surface area contributed by atoms with Gasteiger partial charge in [-0.05, 0) is 17.7 Å². The van der Waals surface area contributed by atoms with Crippen LogP contribution in [0.5, 0.6) is 0 Å². The molecule has 0 aliphatic carbocycles. The minimum Gasteiger partial charge on any atom is -0.387 e. The van der Waals surface area contributed by atoms with Gasteiger partial charge in [-0.3, -0.25) is 0 Å². The van der Waals surface area contributed by atoms with Crippen LogP contribution in [-0.4, -0.2) is 37.9 Å². The predicted molar refractivity (Wildman–Crippen MR) is 62.3 cm³/mol. The van der Waals surface area contributed by atoms with E-state index in [2.05, 4.69) is 34.5 Å². The lowest BCUT2D eigenvalue weighted by Gasteiger charge is -2.37. The fourth-order valence-electron chi connectivity index (χ4n) is 1.83. The van der Waals surface area contributed by atoms with Gasteiger partial charge >= 0.3 is 0 Å². The molecule has 3 nitrogen and oxygen atoms in total. The highest BCUT2D eigenvalue weighted by atomic mass is 16.3. The van der Waals surface area contributed by atoms with E-state index in [4.69, 9.17) is 0 Å². The Morgan fingerprint density at radius 3 is 2.27 bits per heavy atom. The first-order chi connectivity index (χ1) is 7.09. The second-order valence-electron chi connectivity index (χ2n) is 4.57. The standard InChI is InChI=1S/C12H18N2O/c1-14(2)11-5-3-10(4-6-11)7-12(15)8-13-9-12/h3-6,13,15H,7-9H2,1-2H3. The summed E-state index contributed by atoms with van der Waals surface area (Å²) >= 11 is 0. The number of β-amino-alcohol motifs (C(OH)–C–C–N with tert-alkyl or cyclic N) is 1. The van der Waals surface area contributed by atoms with Gasteiger partial charge in [0, 0.05) is 39.3 Å². The van der Waals surface area contributed by atoms with Gasteiger partial charge in [0.05, 0.1) is 5.60 Å². The Hall–Kier alpha value is -1.06. The van der Waals surface area contributed by atoms with Crippen molar-refractivity contribution >= 4 is 5.69 Å². The molecular weight excluding hydrogens is 188 g/mol. The fraction of sp³-hybridized carbons (Fsp3) is 0.500. The Morgan fingerprint density at radius 1 is 1.27 bits per heavy atom. The molecule has 1 saturated heterocycles. The summed E-state index contributed by atoms with van der Waals surface area (Å²) in [6, 6.07) is 8.35. The third-order valence-corrected chi connectivity index (χ3v) is 2.89. The van der Waals surface area contributed by atoms with Gasteiger partial charge in [-0.2, -0.15) is 0 Å². The summed E-state index contributed by atoms with van der Waals surface area (Å²) in [7, 11) is 4.05. The van der Waals surface area contributed by atoms with Crippen molar-refractivity contribution in [2.75, 3.05) is 32.1 Å².